The highest BCUT2D eigenvalue weighted by molar-refractivity contribution is 6.31. The van der Waals surface area contributed by atoms with E-state index in [4.69, 9.17) is 11.6 Å². The molecule has 1 aromatic carbocycles. The summed E-state index contributed by atoms with van der Waals surface area (Å²) in [6, 6.07) is 5.91. The van der Waals surface area contributed by atoms with Crippen molar-refractivity contribution in [2.45, 2.75) is 19.8 Å². The Morgan fingerprint density at radius 3 is 3.07 bits per heavy atom. The second-order valence-corrected chi connectivity index (χ2v) is 3.87. The van der Waals surface area contributed by atoms with Crippen LogP contribution in [0.1, 0.15) is 18.9 Å². The lowest BCUT2D eigenvalue weighted by molar-refractivity contribution is 1.04. The molecule has 0 radical (unpaired) electrons. The van der Waals surface area contributed by atoms with Gasteiger partial charge in [-0.3, -0.25) is 0 Å². The largest absolute Gasteiger partial charge is 0.361 e. The summed E-state index contributed by atoms with van der Waals surface area (Å²) < 4.78 is 0. The Bertz CT molecular complexity index is 528. The summed E-state index contributed by atoms with van der Waals surface area (Å²) in [7, 11) is 0. The van der Waals surface area contributed by atoms with Crippen molar-refractivity contribution in [1.82, 2.24) is 4.98 Å². The van der Waals surface area contributed by atoms with Crippen molar-refractivity contribution >= 4 is 22.5 Å². The molecule has 2 rings (SSSR count). The van der Waals surface area contributed by atoms with E-state index in [0.717, 1.165) is 23.4 Å². The lowest BCUT2D eigenvalue weighted by Gasteiger charge is -1.95. The summed E-state index contributed by atoms with van der Waals surface area (Å²) in [5.41, 5.74) is 2.43. The molecule has 0 unspecified atom stereocenters. The lowest BCUT2D eigenvalue weighted by atomic mass is 10.1. The monoisotopic (exact) mass is 217 g/mol. The van der Waals surface area contributed by atoms with Crippen LogP contribution < -0.4 is 0 Å². The van der Waals surface area contributed by atoms with Gasteiger partial charge in [-0.1, -0.05) is 11.6 Å². The van der Waals surface area contributed by atoms with E-state index in [1.165, 1.54) is 10.9 Å². The zero-order valence-electron chi connectivity index (χ0n) is 8.60. The molecular weight excluding hydrogens is 206 g/mol. The molecule has 0 spiro atoms. The first-order valence-corrected chi connectivity index (χ1v) is 5.34. The van der Waals surface area contributed by atoms with Gasteiger partial charge in [-0.15, -0.1) is 11.8 Å². The van der Waals surface area contributed by atoms with Gasteiger partial charge in [-0.05, 0) is 37.1 Å². The number of hydrogen-bond acceptors (Lipinski definition) is 0. The van der Waals surface area contributed by atoms with Crippen LogP contribution in [0.3, 0.4) is 0 Å². The fourth-order valence-corrected chi connectivity index (χ4v) is 1.85. The molecule has 0 bridgehead atoms. The van der Waals surface area contributed by atoms with E-state index in [0.29, 0.717) is 0 Å². The molecule has 0 aliphatic carbocycles. The zero-order valence-corrected chi connectivity index (χ0v) is 9.36. The van der Waals surface area contributed by atoms with Crippen LogP contribution in [0.5, 0.6) is 0 Å². The summed E-state index contributed by atoms with van der Waals surface area (Å²) in [6.07, 6.45) is 3.91. The molecule has 0 aliphatic heterocycles. The van der Waals surface area contributed by atoms with Crippen LogP contribution in [0.2, 0.25) is 5.02 Å². The van der Waals surface area contributed by atoms with Crippen LogP contribution in [0.4, 0.5) is 0 Å². The molecular formula is C13H12ClN. The number of aromatic nitrogens is 1. The van der Waals surface area contributed by atoms with Gasteiger partial charge in [0.1, 0.15) is 0 Å². The quantitative estimate of drug-likeness (QED) is 0.737. The fourth-order valence-electron chi connectivity index (χ4n) is 1.68. The minimum Gasteiger partial charge on any atom is -0.361 e. The van der Waals surface area contributed by atoms with Gasteiger partial charge in [0.05, 0.1) is 0 Å². The number of benzene rings is 1. The zero-order chi connectivity index (χ0) is 10.7. The van der Waals surface area contributed by atoms with Crippen molar-refractivity contribution in [2.75, 3.05) is 0 Å². The van der Waals surface area contributed by atoms with E-state index in [1.807, 2.05) is 31.3 Å². The van der Waals surface area contributed by atoms with Gasteiger partial charge in [-0.2, -0.15) is 0 Å². The van der Waals surface area contributed by atoms with E-state index in [2.05, 4.69) is 16.8 Å². The molecule has 1 heterocycles. The van der Waals surface area contributed by atoms with Crippen molar-refractivity contribution in [2.24, 2.45) is 0 Å². The van der Waals surface area contributed by atoms with Gasteiger partial charge in [0.15, 0.2) is 0 Å². The maximum absolute atomic E-state index is 5.97. The molecule has 2 heteroatoms. The van der Waals surface area contributed by atoms with Crippen molar-refractivity contribution in [3.8, 4) is 11.8 Å². The number of rotatable bonds is 2. The molecule has 1 aromatic heterocycles. The van der Waals surface area contributed by atoms with Gasteiger partial charge in [0.2, 0.25) is 0 Å². The van der Waals surface area contributed by atoms with Crippen LogP contribution >= 0.6 is 11.6 Å². The third kappa shape index (κ3) is 2.16. The fraction of sp³-hybridized carbons (Fsp3) is 0.231. The standard InChI is InChI=1S/C13H12ClN/c1-2-3-4-5-10-9-15-13-7-6-11(14)8-12(10)13/h6-9,15H,4-5H2,1H3. The van der Waals surface area contributed by atoms with Crippen LogP contribution in [-0.2, 0) is 6.42 Å². The molecule has 0 atom stereocenters. The Kier molecular flexibility index (Phi) is 2.99. The average molecular weight is 218 g/mol. The summed E-state index contributed by atoms with van der Waals surface area (Å²) in [4.78, 5) is 3.24. The summed E-state index contributed by atoms with van der Waals surface area (Å²) >= 11 is 5.97. The van der Waals surface area contributed by atoms with Crippen molar-refractivity contribution < 1.29 is 0 Å². The summed E-state index contributed by atoms with van der Waals surface area (Å²) in [5.74, 6) is 5.97. The van der Waals surface area contributed by atoms with Crippen molar-refractivity contribution in [1.29, 1.82) is 0 Å². The van der Waals surface area contributed by atoms with Gasteiger partial charge in [0, 0.05) is 28.5 Å². The van der Waals surface area contributed by atoms with E-state index in [9.17, 15) is 0 Å². The second kappa shape index (κ2) is 4.42. The third-order valence-corrected chi connectivity index (χ3v) is 2.66. The Morgan fingerprint density at radius 1 is 1.40 bits per heavy atom. The molecule has 2 aromatic rings. The van der Waals surface area contributed by atoms with Crippen LogP contribution in [0, 0.1) is 11.8 Å². The van der Waals surface area contributed by atoms with Gasteiger partial charge in [0.25, 0.3) is 0 Å². The Labute approximate surface area is 94.4 Å². The molecule has 0 amide bonds. The SMILES string of the molecule is CC#CCCc1c[nH]c2ccc(Cl)cc12. The van der Waals surface area contributed by atoms with Crippen molar-refractivity contribution in [3.63, 3.8) is 0 Å². The highest BCUT2D eigenvalue weighted by atomic mass is 35.5. The second-order valence-electron chi connectivity index (χ2n) is 3.43. The molecule has 0 aliphatic rings. The van der Waals surface area contributed by atoms with Crippen molar-refractivity contribution in [3.05, 3.63) is 35.0 Å². The number of fused-ring (bicyclic) bond motifs is 1. The highest BCUT2D eigenvalue weighted by Crippen LogP contribution is 2.23. The molecule has 0 fully saturated rings. The number of hydrogen-bond donors (Lipinski definition) is 1. The molecule has 1 nitrogen and oxygen atoms in total. The first kappa shape index (κ1) is 10.1. The number of H-pyrrole nitrogens is 1. The minimum atomic E-state index is 0.782. The molecule has 76 valence electrons. The lowest BCUT2D eigenvalue weighted by Crippen LogP contribution is -1.80. The highest BCUT2D eigenvalue weighted by Gasteiger charge is 2.02. The maximum Gasteiger partial charge on any atom is 0.0457 e. The maximum atomic E-state index is 5.97. The van der Waals surface area contributed by atoms with Crippen LogP contribution in [0.25, 0.3) is 10.9 Å². The minimum absolute atomic E-state index is 0.782. The van der Waals surface area contributed by atoms with Crippen LogP contribution in [0.15, 0.2) is 24.4 Å². The van der Waals surface area contributed by atoms with Gasteiger partial charge < -0.3 is 4.98 Å². The predicted octanol–water partition coefficient (Wildman–Crippen LogP) is 3.78. The molecule has 15 heavy (non-hydrogen) atoms. The first-order valence-electron chi connectivity index (χ1n) is 4.96. The van der Waals surface area contributed by atoms with Gasteiger partial charge >= 0.3 is 0 Å². The Morgan fingerprint density at radius 2 is 2.27 bits per heavy atom. The van der Waals surface area contributed by atoms with E-state index < -0.39 is 0 Å². The Hall–Kier alpha value is -1.39. The predicted molar refractivity (Wildman–Crippen MR) is 65.1 cm³/mol. The van der Waals surface area contributed by atoms with E-state index in [-0.39, 0.29) is 0 Å². The first-order chi connectivity index (χ1) is 7.31. The summed E-state index contributed by atoms with van der Waals surface area (Å²) in [6.45, 7) is 1.87. The molecule has 1 N–H and O–H groups in total. The molecule has 0 saturated heterocycles. The average Bonchev–Trinajstić information content (AvgIpc) is 2.62. The number of nitrogens with one attached hydrogen (secondary N) is 1. The Balaban J connectivity index is 2.33. The van der Waals surface area contributed by atoms with E-state index >= 15 is 0 Å². The van der Waals surface area contributed by atoms with Crippen LogP contribution in [-0.4, -0.2) is 4.98 Å². The number of aromatic amines is 1. The number of aryl methyl sites for hydroxylation is 1. The van der Waals surface area contributed by atoms with E-state index in [1.54, 1.807) is 0 Å². The normalized spacial score (nSPS) is 10.0. The third-order valence-electron chi connectivity index (χ3n) is 2.43. The molecule has 0 saturated carbocycles. The van der Waals surface area contributed by atoms with Gasteiger partial charge in [-0.25, -0.2) is 0 Å². The smallest absolute Gasteiger partial charge is 0.0457 e. The number of halogens is 1. The summed E-state index contributed by atoms with van der Waals surface area (Å²) in [5, 5.41) is 1.99. The topological polar surface area (TPSA) is 15.8 Å².